The summed E-state index contributed by atoms with van der Waals surface area (Å²) in [4.78, 5) is 16.0. The van der Waals surface area contributed by atoms with Gasteiger partial charge in [-0.3, -0.25) is 4.79 Å². The average molecular weight is 303 g/mol. The first-order valence-corrected chi connectivity index (χ1v) is 6.84. The summed E-state index contributed by atoms with van der Waals surface area (Å²) < 4.78 is 5.00. The molecular weight excluding hydrogens is 280 g/mol. The molecule has 1 aliphatic rings. The number of nitrogens with one attached hydrogen (secondary N) is 1. The summed E-state index contributed by atoms with van der Waals surface area (Å²) >= 11 is 0. The number of nitrogens with two attached hydrogens (primary N) is 1. The molecule has 2 rings (SSSR count). The van der Waals surface area contributed by atoms with Crippen LogP contribution in [0.4, 0.5) is 0 Å². The Hall–Kier alpha value is -1.14. The van der Waals surface area contributed by atoms with Gasteiger partial charge in [-0.25, -0.2) is 0 Å². The monoisotopic (exact) mass is 302 g/mol. The van der Waals surface area contributed by atoms with E-state index in [1.807, 2.05) is 6.92 Å². The molecule has 1 aromatic rings. The summed E-state index contributed by atoms with van der Waals surface area (Å²) in [5.41, 5.74) is 5.53. The van der Waals surface area contributed by atoms with E-state index in [0.717, 1.165) is 12.8 Å². The van der Waals surface area contributed by atoms with Gasteiger partial charge in [-0.05, 0) is 39.0 Å². The molecule has 0 aromatic carbocycles. The van der Waals surface area contributed by atoms with Crippen LogP contribution in [-0.2, 0) is 11.2 Å². The lowest BCUT2D eigenvalue weighted by molar-refractivity contribution is -0.123. The molecule has 1 saturated carbocycles. The van der Waals surface area contributed by atoms with E-state index in [9.17, 15) is 4.79 Å². The lowest BCUT2D eigenvalue weighted by Gasteiger charge is -2.29. The number of rotatable bonds is 7. The molecule has 114 valence electrons. The molecule has 1 amide bonds. The van der Waals surface area contributed by atoms with Crippen LogP contribution in [0.2, 0.25) is 0 Å². The molecule has 0 radical (unpaired) electrons. The molecule has 0 bridgehead atoms. The van der Waals surface area contributed by atoms with Gasteiger partial charge in [-0.1, -0.05) is 5.16 Å². The molecule has 0 spiro atoms. The molecule has 1 fully saturated rings. The zero-order valence-electron chi connectivity index (χ0n) is 12.0. The highest BCUT2D eigenvalue weighted by Gasteiger charge is 2.41. The number of aryl methyl sites for hydroxylation is 2. The van der Waals surface area contributed by atoms with Crippen LogP contribution in [0.5, 0.6) is 0 Å². The topological polar surface area (TPSA) is 94.0 Å². The molecule has 3 N–H and O–H groups in total. The van der Waals surface area contributed by atoms with Crippen LogP contribution in [0.15, 0.2) is 4.52 Å². The number of nitrogens with zero attached hydrogens (tertiary/aromatic N) is 2. The third-order valence-electron chi connectivity index (χ3n) is 3.69. The zero-order chi connectivity index (χ0) is 13.9. The number of halogens is 1. The van der Waals surface area contributed by atoms with Crippen LogP contribution < -0.4 is 11.1 Å². The maximum absolute atomic E-state index is 11.9. The van der Waals surface area contributed by atoms with Gasteiger partial charge in [-0.15, -0.1) is 12.4 Å². The lowest BCUT2D eigenvalue weighted by atomic mass is 9.95. The number of carbonyl (C=O) groups excluding carboxylic acids is 1. The quantitative estimate of drug-likeness (QED) is 0.793. The Labute approximate surface area is 125 Å². The van der Waals surface area contributed by atoms with Crippen LogP contribution in [0.1, 0.15) is 44.3 Å². The highest BCUT2D eigenvalue weighted by molar-refractivity contribution is 5.85. The first-order chi connectivity index (χ1) is 9.03. The van der Waals surface area contributed by atoms with E-state index >= 15 is 0 Å². The summed E-state index contributed by atoms with van der Waals surface area (Å²) in [5.74, 6) is 1.81. The van der Waals surface area contributed by atoms with Crippen molar-refractivity contribution in [1.82, 2.24) is 15.5 Å². The van der Waals surface area contributed by atoms with E-state index in [2.05, 4.69) is 15.5 Å². The number of aromatic nitrogens is 2. The fourth-order valence-corrected chi connectivity index (χ4v) is 2.26. The van der Waals surface area contributed by atoms with Crippen molar-refractivity contribution in [2.45, 2.75) is 51.5 Å². The molecule has 0 aliphatic heterocycles. The molecule has 1 aromatic heterocycles. The molecule has 20 heavy (non-hydrogen) atoms. The van der Waals surface area contributed by atoms with Crippen molar-refractivity contribution in [3.8, 4) is 0 Å². The molecular formula is C13H23ClN4O2. The van der Waals surface area contributed by atoms with Gasteiger partial charge >= 0.3 is 0 Å². The summed E-state index contributed by atoms with van der Waals surface area (Å²) in [7, 11) is 0. The number of amides is 1. The fraction of sp³-hybridized carbons (Fsp3) is 0.769. The second-order valence-corrected chi connectivity index (χ2v) is 5.53. The molecule has 1 heterocycles. The predicted octanol–water partition coefficient (Wildman–Crippen LogP) is 1.37. The second kappa shape index (κ2) is 7.04. The van der Waals surface area contributed by atoms with Crippen molar-refractivity contribution >= 4 is 18.3 Å². The summed E-state index contributed by atoms with van der Waals surface area (Å²) in [6.07, 6.45) is 4.13. The van der Waals surface area contributed by atoms with Gasteiger partial charge in [0.2, 0.25) is 11.8 Å². The van der Waals surface area contributed by atoms with E-state index in [1.165, 1.54) is 0 Å². The van der Waals surface area contributed by atoms with E-state index < -0.39 is 0 Å². The van der Waals surface area contributed by atoms with Crippen molar-refractivity contribution in [2.24, 2.45) is 11.7 Å². The normalized spacial score (nSPS) is 17.1. The average Bonchev–Trinajstić information content (AvgIpc) is 3.14. The Kier molecular flexibility index (Phi) is 5.95. The zero-order valence-corrected chi connectivity index (χ0v) is 12.8. The van der Waals surface area contributed by atoms with Gasteiger partial charge in [0.25, 0.3) is 0 Å². The molecule has 7 heteroatoms. The molecule has 6 nitrogen and oxygen atoms in total. The van der Waals surface area contributed by atoms with Gasteiger partial charge in [-0.2, -0.15) is 4.98 Å². The SMILES string of the molecule is Cc1noc(CCCC(=O)NC(C)(CN)C2CC2)n1.Cl. The number of hydrogen-bond acceptors (Lipinski definition) is 5. The summed E-state index contributed by atoms with van der Waals surface area (Å²) in [5, 5.41) is 6.78. The van der Waals surface area contributed by atoms with Crippen LogP contribution in [-0.4, -0.2) is 28.1 Å². The third-order valence-corrected chi connectivity index (χ3v) is 3.69. The van der Waals surface area contributed by atoms with Crippen molar-refractivity contribution in [2.75, 3.05) is 6.54 Å². The number of hydrogen-bond donors (Lipinski definition) is 2. The van der Waals surface area contributed by atoms with Crippen molar-refractivity contribution in [1.29, 1.82) is 0 Å². The molecule has 1 atom stereocenters. The smallest absolute Gasteiger partial charge is 0.226 e. The van der Waals surface area contributed by atoms with Gasteiger partial charge in [0, 0.05) is 19.4 Å². The van der Waals surface area contributed by atoms with Crippen molar-refractivity contribution < 1.29 is 9.32 Å². The largest absolute Gasteiger partial charge is 0.349 e. The molecule has 0 saturated heterocycles. The Morgan fingerprint density at radius 2 is 2.25 bits per heavy atom. The Balaban J connectivity index is 0.00000200. The Morgan fingerprint density at radius 3 is 2.75 bits per heavy atom. The van der Waals surface area contributed by atoms with E-state index in [4.69, 9.17) is 10.3 Å². The first kappa shape index (κ1) is 16.9. The van der Waals surface area contributed by atoms with Crippen molar-refractivity contribution in [3.63, 3.8) is 0 Å². The maximum Gasteiger partial charge on any atom is 0.226 e. The van der Waals surface area contributed by atoms with Crippen LogP contribution >= 0.6 is 12.4 Å². The predicted molar refractivity (Wildman–Crippen MR) is 77.5 cm³/mol. The fourth-order valence-electron chi connectivity index (χ4n) is 2.26. The van der Waals surface area contributed by atoms with Gasteiger partial charge < -0.3 is 15.6 Å². The van der Waals surface area contributed by atoms with Crippen LogP contribution in [0.25, 0.3) is 0 Å². The van der Waals surface area contributed by atoms with Crippen LogP contribution in [0, 0.1) is 12.8 Å². The standard InChI is InChI=1S/C13H22N4O2.ClH/c1-9-15-12(19-17-9)5-3-4-11(18)16-13(2,8-14)10-6-7-10;/h10H,3-8,14H2,1-2H3,(H,16,18);1H. The second-order valence-electron chi connectivity index (χ2n) is 5.53. The number of carbonyl (C=O) groups is 1. The lowest BCUT2D eigenvalue weighted by Crippen LogP contribution is -2.53. The van der Waals surface area contributed by atoms with Crippen LogP contribution in [0.3, 0.4) is 0 Å². The Bertz CT molecular complexity index is 447. The minimum absolute atomic E-state index is 0. The minimum Gasteiger partial charge on any atom is -0.349 e. The maximum atomic E-state index is 11.9. The molecule has 1 aliphatic carbocycles. The van der Waals surface area contributed by atoms with Crippen molar-refractivity contribution in [3.05, 3.63) is 11.7 Å². The van der Waals surface area contributed by atoms with E-state index in [0.29, 0.717) is 43.4 Å². The van der Waals surface area contributed by atoms with E-state index in [-0.39, 0.29) is 23.9 Å². The first-order valence-electron chi connectivity index (χ1n) is 6.84. The summed E-state index contributed by atoms with van der Waals surface area (Å²) in [6.45, 7) is 4.30. The highest BCUT2D eigenvalue weighted by Crippen LogP contribution is 2.38. The van der Waals surface area contributed by atoms with Gasteiger partial charge in [0.1, 0.15) is 0 Å². The summed E-state index contributed by atoms with van der Waals surface area (Å²) in [6, 6.07) is 0. The molecule has 1 unspecified atom stereocenters. The van der Waals surface area contributed by atoms with E-state index in [1.54, 1.807) is 6.92 Å². The van der Waals surface area contributed by atoms with Gasteiger partial charge in [0.15, 0.2) is 5.82 Å². The Morgan fingerprint density at radius 1 is 1.55 bits per heavy atom. The minimum atomic E-state index is -0.238. The highest BCUT2D eigenvalue weighted by atomic mass is 35.5. The van der Waals surface area contributed by atoms with Gasteiger partial charge in [0.05, 0.1) is 5.54 Å². The third kappa shape index (κ3) is 4.45.